The summed E-state index contributed by atoms with van der Waals surface area (Å²) in [4.78, 5) is 10.9. The standard InChI is InChI=1S/C11H12N2O2S/c1-7(11(14)16)15-9-3-4-10-8(5-9)6-12-13(10)2/h3-7H,1-2H3,(H,14,16). The second-order valence-corrected chi connectivity index (χ2v) is 4.03. The summed E-state index contributed by atoms with van der Waals surface area (Å²) in [5.41, 5.74) is 1.03. The fourth-order valence-electron chi connectivity index (χ4n) is 1.47. The predicted molar refractivity (Wildman–Crippen MR) is 64.8 cm³/mol. The number of aromatic nitrogens is 2. The molecule has 2 aromatic rings. The quantitative estimate of drug-likeness (QED) is 0.826. The van der Waals surface area contributed by atoms with Crippen LogP contribution in [0.3, 0.4) is 0 Å². The van der Waals surface area contributed by atoms with E-state index < -0.39 is 6.10 Å². The Labute approximate surface area is 98.6 Å². The van der Waals surface area contributed by atoms with Crippen LogP contribution in [0.25, 0.3) is 10.9 Å². The van der Waals surface area contributed by atoms with Gasteiger partial charge in [-0.05, 0) is 25.1 Å². The molecule has 1 atom stereocenters. The van der Waals surface area contributed by atoms with Crippen LogP contribution in [0.2, 0.25) is 0 Å². The number of ether oxygens (including phenoxy) is 1. The molecule has 0 aliphatic carbocycles. The molecular weight excluding hydrogens is 224 g/mol. The molecule has 1 heterocycles. The van der Waals surface area contributed by atoms with Gasteiger partial charge in [-0.2, -0.15) is 5.10 Å². The third-order valence-corrected chi connectivity index (χ3v) is 2.74. The van der Waals surface area contributed by atoms with Crippen molar-refractivity contribution in [2.75, 3.05) is 0 Å². The number of hydrogen-bond donors (Lipinski definition) is 1. The van der Waals surface area contributed by atoms with Gasteiger partial charge in [-0.25, -0.2) is 0 Å². The van der Waals surface area contributed by atoms with Crippen LogP contribution >= 0.6 is 12.6 Å². The molecule has 1 aromatic carbocycles. The molecule has 0 bridgehead atoms. The highest BCUT2D eigenvalue weighted by Gasteiger charge is 2.10. The van der Waals surface area contributed by atoms with E-state index in [1.165, 1.54) is 0 Å². The van der Waals surface area contributed by atoms with Crippen molar-refractivity contribution in [3.05, 3.63) is 24.4 Å². The second kappa shape index (κ2) is 4.17. The maximum absolute atomic E-state index is 10.9. The summed E-state index contributed by atoms with van der Waals surface area (Å²) >= 11 is 3.72. The van der Waals surface area contributed by atoms with Crippen LogP contribution in [0.1, 0.15) is 6.92 Å². The van der Waals surface area contributed by atoms with Crippen LogP contribution in [0.4, 0.5) is 0 Å². The maximum Gasteiger partial charge on any atom is 0.226 e. The zero-order valence-electron chi connectivity index (χ0n) is 9.04. The van der Waals surface area contributed by atoms with Crippen LogP contribution in [-0.2, 0) is 11.8 Å². The molecule has 16 heavy (non-hydrogen) atoms. The number of carbonyl (C=O) groups excluding carboxylic acids is 1. The highest BCUT2D eigenvalue weighted by Crippen LogP contribution is 2.21. The number of carbonyl (C=O) groups is 1. The Morgan fingerprint density at radius 1 is 1.56 bits per heavy atom. The van der Waals surface area contributed by atoms with E-state index in [9.17, 15) is 4.79 Å². The summed E-state index contributed by atoms with van der Waals surface area (Å²) in [6, 6.07) is 5.58. The summed E-state index contributed by atoms with van der Waals surface area (Å²) < 4.78 is 7.21. The monoisotopic (exact) mass is 236 g/mol. The van der Waals surface area contributed by atoms with Gasteiger partial charge in [-0.15, -0.1) is 12.6 Å². The molecule has 84 valence electrons. The van der Waals surface area contributed by atoms with E-state index in [4.69, 9.17) is 4.74 Å². The minimum absolute atomic E-state index is 0.286. The first kappa shape index (κ1) is 11.0. The topological polar surface area (TPSA) is 44.1 Å². The van der Waals surface area contributed by atoms with Gasteiger partial charge < -0.3 is 4.74 Å². The zero-order chi connectivity index (χ0) is 11.7. The molecule has 0 saturated carbocycles. The van der Waals surface area contributed by atoms with Gasteiger partial charge in [-0.1, -0.05) is 0 Å². The highest BCUT2D eigenvalue weighted by molar-refractivity contribution is 7.96. The largest absolute Gasteiger partial charge is 0.482 e. The van der Waals surface area contributed by atoms with Crippen molar-refractivity contribution < 1.29 is 9.53 Å². The highest BCUT2D eigenvalue weighted by atomic mass is 32.1. The van der Waals surface area contributed by atoms with Crippen LogP contribution < -0.4 is 4.74 Å². The number of aryl methyl sites for hydroxylation is 1. The van der Waals surface area contributed by atoms with Crippen LogP contribution in [0.5, 0.6) is 5.75 Å². The van der Waals surface area contributed by atoms with Gasteiger partial charge in [0, 0.05) is 12.4 Å². The molecule has 0 fully saturated rings. The summed E-state index contributed by atoms with van der Waals surface area (Å²) in [7, 11) is 1.88. The lowest BCUT2D eigenvalue weighted by molar-refractivity contribution is -0.116. The van der Waals surface area contributed by atoms with E-state index in [2.05, 4.69) is 17.7 Å². The Bertz CT molecular complexity index is 536. The van der Waals surface area contributed by atoms with Crippen LogP contribution in [0.15, 0.2) is 24.4 Å². The van der Waals surface area contributed by atoms with E-state index in [0.29, 0.717) is 5.75 Å². The fourth-order valence-corrected chi connectivity index (χ4v) is 1.52. The molecule has 1 unspecified atom stereocenters. The van der Waals surface area contributed by atoms with Crippen molar-refractivity contribution in [1.29, 1.82) is 0 Å². The molecule has 4 nitrogen and oxygen atoms in total. The Hall–Kier alpha value is -1.49. The first-order valence-electron chi connectivity index (χ1n) is 4.89. The lowest BCUT2D eigenvalue weighted by Crippen LogP contribution is -2.18. The number of rotatable bonds is 3. The molecule has 0 amide bonds. The molecule has 0 saturated heterocycles. The number of fused-ring (bicyclic) bond motifs is 1. The second-order valence-electron chi connectivity index (χ2n) is 3.59. The minimum atomic E-state index is -0.544. The van der Waals surface area contributed by atoms with Gasteiger partial charge in [0.1, 0.15) is 5.75 Å². The normalized spacial score (nSPS) is 12.7. The van der Waals surface area contributed by atoms with E-state index in [-0.39, 0.29) is 5.12 Å². The third-order valence-electron chi connectivity index (χ3n) is 2.38. The molecule has 0 aliphatic rings. The van der Waals surface area contributed by atoms with Crippen molar-refractivity contribution >= 4 is 28.6 Å². The fraction of sp³-hybridized carbons (Fsp3) is 0.273. The molecule has 0 radical (unpaired) electrons. The lowest BCUT2D eigenvalue weighted by atomic mass is 10.2. The summed E-state index contributed by atoms with van der Waals surface area (Å²) in [5.74, 6) is 0.649. The molecular formula is C11H12N2O2S. The van der Waals surface area contributed by atoms with Crippen molar-refractivity contribution in [2.45, 2.75) is 13.0 Å². The van der Waals surface area contributed by atoms with Crippen molar-refractivity contribution in [3.8, 4) is 5.75 Å². The Kier molecular flexibility index (Phi) is 2.87. The molecule has 2 rings (SSSR count). The Morgan fingerprint density at radius 3 is 3.00 bits per heavy atom. The summed E-state index contributed by atoms with van der Waals surface area (Å²) in [5, 5.41) is 4.83. The number of benzene rings is 1. The van der Waals surface area contributed by atoms with E-state index in [0.717, 1.165) is 10.9 Å². The molecule has 0 aliphatic heterocycles. The van der Waals surface area contributed by atoms with Gasteiger partial charge >= 0.3 is 0 Å². The van der Waals surface area contributed by atoms with E-state index in [1.54, 1.807) is 17.8 Å². The lowest BCUT2D eigenvalue weighted by Gasteiger charge is -2.10. The van der Waals surface area contributed by atoms with Gasteiger partial charge in [0.05, 0.1) is 11.7 Å². The smallest absolute Gasteiger partial charge is 0.226 e. The summed E-state index contributed by atoms with van der Waals surface area (Å²) in [6.45, 7) is 1.67. The van der Waals surface area contributed by atoms with Gasteiger partial charge in [0.25, 0.3) is 0 Å². The zero-order valence-corrected chi connectivity index (χ0v) is 9.94. The first-order valence-corrected chi connectivity index (χ1v) is 5.34. The Balaban J connectivity index is 2.29. The molecule has 0 N–H and O–H groups in total. The van der Waals surface area contributed by atoms with Crippen molar-refractivity contribution in [3.63, 3.8) is 0 Å². The van der Waals surface area contributed by atoms with E-state index >= 15 is 0 Å². The van der Waals surface area contributed by atoms with Crippen LogP contribution in [0, 0.1) is 0 Å². The van der Waals surface area contributed by atoms with Crippen molar-refractivity contribution in [1.82, 2.24) is 9.78 Å². The average Bonchev–Trinajstić information content (AvgIpc) is 2.60. The van der Waals surface area contributed by atoms with E-state index in [1.807, 2.05) is 25.2 Å². The predicted octanol–water partition coefficient (Wildman–Crippen LogP) is 1.80. The molecule has 1 aromatic heterocycles. The SMILES string of the molecule is CC(Oc1ccc2c(cnn2C)c1)C(=O)S. The number of thiol groups is 1. The molecule has 0 spiro atoms. The van der Waals surface area contributed by atoms with Gasteiger partial charge in [-0.3, -0.25) is 9.48 Å². The maximum atomic E-state index is 10.9. The van der Waals surface area contributed by atoms with Gasteiger partial charge in [0.15, 0.2) is 6.10 Å². The minimum Gasteiger partial charge on any atom is -0.482 e. The van der Waals surface area contributed by atoms with Crippen molar-refractivity contribution in [2.24, 2.45) is 7.05 Å². The molecule has 5 heteroatoms. The first-order chi connectivity index (χ1) is 7.58. The average molecular weight is 236 g/mol. The number of nitrogens with zero attached hydrogens (tertiary/aromatic N) is 2. The van der Waals surface area contributed by atoms with Crippen LogP contribution in [-0.4, -0.2) is 21.0 Å². The number of hydrogen-bond acceptors (Lipinski definition) is 3. The summed E-state index contributed by atoms with van der Waals surface area (Å²) in [6.07, 6.45) is 1.22. The Morgan fingerprint density at radius 2 is 2.31 bits per heavy atom. The van der Waals surface area contributed by atoms with Gasteiger partial charge in [0.2, 0.25) is 5.12 Å². The third kappa shape index (κ3) is 2.04.